The van der Waals surface area contributed by atoms with Gasteiger partial charge in [-0.3, -0.25) is 0 Å². The predicted molar refractivity (Wildman–Crippen MR) is 95.3 cm³/mol. The monoisotopic (exact) mass is 346 g/mol. The predicted octanol–water partition coefficient (Wildman–Crippen LogP) is 3.31. The minimum atomic E-state index is -2.26. The maximum atomic E-state index is 4.69. The number of para-hydroxylation sites is 2. The molecule has 2 aromatic carbocycles. The van der Waals surface area contributed by atoms with Gasteiger partial charge in [-0.1, -0.05) is 0 Å². The number of hydrogen-bond donors (Lipinski definition) is 0. The zero-order valence-electron chi connectivity index (χ0n) is 12.7. The van der Waals surface area contributed by atoms with E-state index in [1.54, 1.807) is 8.79 Å². The molecule has 1 aliphatic rings. The molecular weight excluding hydrogens is 329 g/mol. The van der Waals surface area contributed by atoms with E-state index in [0.29, 0.717) is 0 Å². The minimum absolute atomic E-state index is 1.08. The summed E-state index contributed by atoms with van der Waals surface area (Å²) in [6.45, 7) is 0. The fraction of sp³-hybridized carbons (Fsp3) is 0.105. The molecule has 0 fully saturated rings. The van der Waals surface area contributed by atoms with Crippen molar-refractivity contribution in [2.45, 2.75) is 11.5 Å². The number of aromatic nitrogens is 2. The number of nitrogens with zero attached hydrogens (tertiary/aromatic N) is 2. The summed E-state index contributed by atoms with van der Waals surface area (Å²) in [5.41, 5.74) is 3.81. The van der Waals surface area contributed by atoms with Crippen molar-refractivity contribution in [3.63, 3.8) is 0 Å². The van der Waals surface area contributed by atoms with E-state index >= 15 is 0 Å². The van der Waals surface area contributed by atoms with Crippen molar-refractivity contribution < 1.29 is 0 Å². The van der Waals surface area contributed by atoms with Crippen LogP contribution in [0, 0.1) is 0 Å². The molecule has 5 rings (SSSR count). The van der Waals surface area contributed by atoms with Crippen LogP contribution in [0.1, 0.15) is 0 Å². The van der Waals surface area contributed by atoms with Crippen LogP contribution in [0.3, 0.4) is 0 Å². The molecule has 1 aliphatic heterocycles. The zero-order valence-corrected chi connectivity index (χ0v) is 14.8. The fourth-order valence-corrected chi connectivity index (χ4v) is 10.2. The topological polar surface area (TPSA) is 17.8 Å². The molecule has 0 amide bonds. The summed E-state index contributed by atoms with van der Waals surface area (Å²) in [5, 5.41) is 2.60. The molecule has 0 bridgehead atoms. The van der Waals surface area contributed by atoms with Gasteiger partial charge < -0.3 is 0 Å². The first-order chi connectivity index (χ1) is 10.7. The number of pyridine rings is 1. The van der Waals surface area contributed by atoms with E-state index in [1.807, 2.05) is 12.3 Å². The molecule has 4 aromatic rings. The second-order valence-corrected chi connectivity index (χ2v) is 15.6. The Morgan fingerprint density at radius 2 is 1.59 bits per heavy atom. The van der Waals surface area contributed by atoms with E-state index in [1.165, 1.54) is 22.0 Å². The van der Waals surface area contributed by atoms with Crippen LogP contribution in [0.5, 0.6) is 0 Å². The van der Waals surface area contributed by atoms with E-state index in [-0.39, 0.29) is 0 Å². The molecule has 0 saturated heterocycles. The molecule has 0 N–H and O–H groups in total. The number of fused-ring (bicyclic) bond motifs is 5. The Morgan fingerprint density at radius 3 is 2.50 bits per heavy atom. The third-order valence-electron chi connectivity index (χ3n) is 5.04. The quantitative estimate of drug-likeness (QED) is 0.447. The van der Waals surface area contributed by atoms with Gasteiger partial charge in [0.15, 0.2) is 0 Å². The van der Waals surface area contributed by atoms with Crippen LogP contribution in [0.2, 0.25) is 11.5 Å². The van der Waals surface area contributed by atoms with Gasteiger partial charge in [0, 0.05) is 0 Å². The average Bonchev–Trinajstić information content (AvgIpc) is 2.88. The molecule has 106 valence electrons. The number of hydrogen-bond acceptors (Lipinski definition) is 1. The van der Waals surface area contributed by atoms with E-state index in [4.69, 9.17) is 4.98 Å². The molecule has 22 heavy (non-hydrogen) atoms. The van der Waals surface area contributed by atoms with E-state index in [0.717, 1.165) is 5.65 Å². The molecule has 0 radical (unpaired) electrons. The summed E-state index contributed by atoms with van der Waals surface area (Å²) in [6.07, 6.45) is 1.90. The number of rotatable bonds is 0. The van der Waals surface area contributed by atoms with Gasteiger partial charge in [0.05, 0.1) is 0 Å². The van der Waals surface area contributed by atoms with Crippen molar-refractivity contribution in [2.75, 3.05) is 0 Å². The van der Waals surface area contributed by atoms with Crippen molar-refractivity contribution >= 4 is 44.0 Å². The van der Waals surface area contributed by atoms with E-state index in [9.17, 15) is 0 Å². The number of benzene rings is 2. The Bertz CT molecular complexity index is 1060. The van der Waals surface area contributed by atoms with Crippen molar-refractivity contribution in [3.05, 3.63) is 60.8 Å². The molecule has 2 aromatic heterocycles. The van der Waals surface area contributed by atoms with Gasteiger partial charge in [0.25, 0.3) is 0 Å². The van der Waals surface area contributed by atoms with Gasteiger partial charge >= 0.3 is 132 Å². The van der Waals surface area contributed by atoms with Gasteiger partial charge in [-0.05, 0) is 0 Å². The molecular formula is C19H16GeN2. The summed E-state index contributed by atoms with van der Waals surface area (Å²) in [5.74, 6) is 5.00. The first-order valence-electron chi connectivity index (χ1n) is 7.68. The molecule has 0 spiro atoms. The first-order valence-corrected chi connectivity index (χ1v) is 14.0. The third kappa shape index (κ3) is 1.34. The summed E-state index contributed by atoms with van der Waals surface area (Å²) in [7, 11) is 0. The Balaban J connectivity index is 2.15. The van der Waals surface area contributed by atoms with Crippen LogP contribution in [0.25, 0.3) is 27.6 Å². The molecule has 2 nitrogen and oxygen atoms in total. The summed E-state index contributed by atoms with van der Waals surface area (Å²) >= 11 is -2.26. The van der Waals surface area contributed by atoms with Crippen LogP contribution < -0.4 is 8.79 Å². The fourth-order valence-electron chi connectivity index (χ4n) is 3.97. The van der Waals surface area contributed by atoms with Gasteiger partial charge in [0.2, 0.25) is 0 Å². The molecule has 0 atom stereocenters. The Morgan fingerprint density at radius 1 is 0.818 bits per heavy atom. The van der Waals surface area contributed by atoms with Gasteiger partial charge in [-0.2, -0.15) is 0 Å². The second-order valence-electron chi connectivity index (χ2n) is 6.55. The molecule has 0 unspecified atom stereocenters. The average molecular weight is 345 g/mol. The van der Waals surface area contributed by atoms with Crippen LogP contribution >= 0.6 is 0 Å². The standard InChI is InChI=1S/C19H16GeN2/c1-20(2)15-9-3-4-11-17(15)22-18-13(7-5-10-16(18)20)14-8-6-12-21-19(14)22/h3-12H,1-2H3. The normalized spacial score (nSPS) is 15.2. The van der Waals surface area contributed by atoms with Crippen LogP contribution in [0.4, 0.5) is 0 Å². The molecule has 0 aliphatic carbocycles. The second kappa shape index (κ2) is 4.02. The molecule has 3 heteroatoms. The van der Waals surface area contributed by atoms with Gasteiger partial charge in [0.1, 0.15) is 0 Å². The SMILES string of the molecule is [CH3][Ge]1([CH3])[c]2ccccc2-n2c3ncccc3c3ccc[c]1c32. The summed E-state index contributed by atoms with van der Waals surface area (Å²) < 4.78 is 5.49. The van der Waals surface area contributed by atoms with Crippen molar-refractivity contribution in [3.8, 4) is 5.69 Å². The summed E-state index contributed by atoms with van der Waals surface area (Å²) in [4.78, 5) is 4.69. The van der Waals surface area contributed by atoms with Crippen molar-refractivity contribution in [1.29, 1.82) is 0 Å². The zero-order chi connectivity index (χ0) is 14.9. The van der Waals surface area contributed by atoms with Gasteiger partial charge in [-0.15, -0.1) is 0 Å². The Labute approximate surface area is 131 Å². The van der Waals surface area contributed by atoms with Crippen LogP contribution in [0.15, 0.2) is 60.8 Å². The van der Waals surface area contributed by atoms with Gasteiger partial charge in [-0.25, -0.2) is 0 Å². The molecule has 0 saturated carbocycles. The van der Waals surface area contributed by atoms with Crippen LogP contribution in [-0.2, 0) is 0 Å². The van der Waals surface area contributed by atoms with Crippen molar-refractivity contribution in [2.24, 2.45) is 0 Å². The molecule has 3 heterocycles. The Hall–Kier alpha value is -2.07. The summed E-state index contributed by atoms with van der Waals surface area (Å²) in [6, 6.07) is 19.9. The van der Waals surface area contributed by atoms with E-state index < -0.39 is 13.3 Å². The Kier molecular flexibility index (Phi) is 2.28. The first kappa shape index (κ1) is 12.5. The van der Waals surface area contributed by atoms with E-state index in [2.05, 4.69) is 64.6 Å². The third-order valence-corrected chi connectivity index (χ3v) is 12.4. The maximum absolute atomic E-state index is 4.69. The van der Waals surface area contributed by atoms with Crippen molar-refractivity contribution in [1.82, 2.24) is 9.55 Å². The van der Waals surface area contributed by atoms with Crippen LogP contribution in [-0.4, -0.2) is 22.8 Å².